The zero-order valence-corrected chi connectivity index (χ0v) is 18.5. The third-order valence-corrected chi connectivity index (χ3v) is 6.77. The minimum Gasteiger partial charge on any atom is -0.351 e. The molecule has 1 fully saturated rings. The first-order chi connectivity index (χ1) is 14.9. The van der Waals surface area contributed by atoms with Crippen molar-refractivity contribution in [1.29, 1.82) is 0 Å². The van der Waals surface area contributed by atoms with Crippen LogP contribution in [-0.2, 0) is 0 Å². The van der Waals surface area contributed by atoms with Gasteiger partial charge >= 0.3 is 0 Å². The number of benzene rings is 1. The second-order valence-corrected chi connectivity index (χ2v) is 9.13. The van der Waals surface area contributed by atoms with Gasteiger partial charge in [-0.25, -0.2) is 4.98 Å². The van der Waals surface area contributed by atoms with E-state index in [1.807, 2.05) is 25.1 Å². The number of aryl methyl sites for hydroxylation is 1. The van der Waals surface area contributed by atoms with Gasteiger partial charge in [0.05, 0.1) is 16.7 Å². The summed E-state index contributed by atoms with van der Waals surface area (Å²) < 4.78 is 1.69. The third-order valence-electron chi connectivity index (χ3n) is 6.77. The lowest BCUT2D eigenvalue weighted by Crippen LogP contribution is -2.37. The largest absolute Gasteiger partial charge is 0.351 e. The van der Waals surface area contributed by atoms with Crippen LogP contribution in [0.3, 0.4) is 0 Å². The van der Waals surface area contributed by atoms with Crippen molar-refractivity contribution in [3.05, 3.63) is 58.1 Å². The summed E-state index contributed by atoms with van der Waals surface area (Å²) in [5.74, 6) is 1.18. The van der Waals surface area contributed by atoms with Crippen molar-refractivity contribution in [1.82, 2.24) is 19.4 Å². The molecule has 0 amide bonds. The standard InChI is InChI=1S/C25H30N5O/c1-15(2)29-10-8-17(9-11-29)18-4-6-21-19(12-18)13-23(28-21)25(31)30-16(3)27-22-14-20(26)5-7-24(22)30/h4,6-7,12-15,17,28H,5,8-11,26H2,1-3H3. The van der Waals surface area contributed by atoms with E-state index >= 15 is 0 Å². The molecule has 0 atom stereocenters. The van der Waals surface area contributed by atoms with Crippen LogP contribution < -0.4 is 16.4 Å². The highest BCUT2D eigenvalue weighted by Gasteiger charge is 2.23. The van der Waals surface area contributed by atoms with Crippen molar-refractivity contribution in [3.8, 4) is 0 Å². The quantitative estimate of drug-likeness (QED) is 0.687. The van der Waals surface area contributed by atoms with E-state index in [1.54, 1.807) is 4.57 Å². The smallest absolute Gasteiger partial charge is 0.280 e. The van der Waals surface area contributed by atoms with Crippen LogP contribution in [0.15, 0.2) is 24.3 Å². The molecule has 3 N–H and O–H groups in total. The van der Waals surface area contributed by atoms with Crippen molar-refractivity contribution in [2.75, 3.05) is 13.1 Å². The number of hydrogen-bond acceptors (Lipinski definition) is 4. The van der Waals surface area contributed by atoms with Crippen LogP contribution in [0.4, 0.5) is 0 Å². The van der Waals surface area contributed by atoms with Crippen LogP contribution in [-0.4, -0.2) is 44.5 Å². The van der Waals surface area contributed by atoms with E-state index in [-0.39, 0.29) is 5.91 Å². The van der Waals surface area contributed by atoms with Crippen LogP contribution in [0.5, 0.6) is 0 Å². The molecule has 0 bridgehead atoms. The molecule has 1 aromatic carbocycles. The number of aromatic nitrogens is 3. The predicted molar refractivity (Wildman–Crippen MR) is 124 cm³/mol. The van der Waals surface area contributed by atoms with E-state index in [9.17, 15) is 4.79 Å². The predicted octanol–water partition coefficient (Wildman–Crippen LogP) is 2.40. The molecule has 0 saturated carbocycles. The first kappa shape index (κ1) is 20.2. The van der Waals surface area contributed by atoms with Gasteiger partial charge in [-0.05, 0) is 88.9 Å². The zero-order valence-electron chi connectivity index (χ0n) is 18.5. The number of aromatic amines is 1. The van der Waals surface area contributed by atoms with E-state index in [1.165, 1.54) is 18.4 Å². The molecule has 1 saturated heterocycles. The van der Waals surface area contributed by atoms with Gasteiger partial charge in [-0.1, -0.05) is 12.1 Å². The number of carbonyl (C=O) groups excluding carboxylic acids is 1. The molecule has 1 radical (unpaired) electrons. The average Bonchev–Trinajstić information content (AvgIpc) is 3.32. The van der Waals surface area contributed by atoms with E-state index in [0.717, 1.165) is 40.7 Å². The normalized spacial score (nSPS) is 18.2. The lowest BCUT2D eigenvalue weighted by molar-refractivity contribution is 0.0950. The molecule has 0 unspecified atom stereocenters. The SMILES string of the molecule is Cc1nc2c(n1C(=O)c1cc3cc(C4CCN(C(C)C)CC4)ccc3[nH]1)=CC[C](N)C=2. The molecule has 2 aliphatic rings. The maximum atomic E-state index is 13.4. The molecule has 0 spiro atoms. The van der Waals surface area contributed by atoms with Gasteiger partial charge in [-0.3, -0.25) is 9.36 Å². The van der Waals surface area contributed by atoms with Crippen molar-refractivity contribution >= 4 is 29.0 Å². The second kappa shape index (κ2) is 7.77. The number of H-pyrrole nitrogens is 1. The maximum absolute atomic E-state index is 13.4. The number of imidazole rings is 1. The Morgan fingerprint density at radius 1 is 1.23 bits per heavy atom. The van der Waals surface area contributed by atoms with E-state index in [0.29, 0.717) is 29.9 Å². The monoisotopic (exact) mass is 416 g/mol. The third kappa shape index (κ3) is 3.64. The molecule has 3 heterocycles. The topological polar surface area (TPSA) is 79.9 Å². The van der Waals surface area contributed by atoms with Gasteiger partial charge in [0.1, 0.15) is 11.5 Å². The van der Waals surface area contributed by atoms with Gasteiger partial charge in [0.25, 0.3) is 5.91 Å². The molecule has 2 aromatic heterocycles. The molecule has 161 valence electrons. The van der Waals surface area contributed by atoms with Crippen LogP contribution >= 0.6 is 0 Å². The molecular weight excluding hydrogens is 386 g/mol. The Balaban J connectivity index is 1.44. The minimum atomic E-state index is -0.0839. The summed E-state index contributed by atoms with van der Waals surface area (Å²) in [6, 6.07) is 9.94. The second-order valence-electron chi connectivity index (χ2n) is 9.13. The maximum Gasteiger partial charge on any atom is 0.280 e. The Bertz CT molecular complexity index is 1260. The van der Waals surface area contributed by atoms with Crippen LogP contribution in [0, 0.1) is 13.0 Å². The van der Waals surface area contributed by atoms with Crippen LogP contribution in [0.25, 0.3) is 23.1 Å². The van der Waals surface area contributed by atoms with Crippen molar-refractivity contribution in [2.24, 2.45) is 5.73 Å². The molecule has 1 aliphatic heterocycles. The summed E-state index contributed by atoms with van der Waals surface area (Å²) in [6.07, 6.45) is 6.84. The number of carbonyl (C=O) groups is 1. The van der Waals surface area contributed by atoms with Gasteiger partial charge in [0, 0.05) is 16.9 Å². The van der Waals surface area contributed by atoms with Crippen LogP contribution in [0.1, 0.15) is 60.9 Å². The Morgan fingerprint density at radius 3 is 2.74 bits per heavy atom. The van der Waals surface area contributed by atoms with Gasteiger partial charge in [0.2, 0.25) is 0 Å². The number of piperidine rings is 1. The summed E-state index contributed by atoms with van der Waals surface area (Å²) >= 11 is 0. The number of fused-ring (bicyclic) bond motifs is 2. The molecule has 31 heavy (non-hydrogen) atoms. The van der Waals surface area contributed by atoms with Crippen molar-refractivity contribution in [2.45, 2.75) is 52.0 Å². The van der Waals surface area contributed by atoms with E-state index < -0.39 is 0 Å². The number of nitrogens with zero attached hydrogens (tertiary/aromatic N) is 3. The lowest BCUT2D eigenvalue weighted by atomic mass is 9.88. The summed E-state index contributed by atoms with van der Waals surface area (Å²) in [5.41, 5.74) is 8.88. The van der Waals surface area contributed by atoms with Crippen molar-refractivity contribution in [3.63, 3.8) is 0 Å². The number of likely N-dealkylation sites (tertiary alicyclic amines) is 1. The molecule has 1 aliphatic carbocycles. The fraction of sp³-hybridized carbons (Fsp3) is 0.400. The number of nitrogens with two attached hydrogens (primary N) is 1. The number of nitrogens with one attached hydrogen (secondary N) is 1. The van der Waals surface area contributed by atoms with Gasteiger partial charge in [-0.15, -0.1) is 0 Å². The van der Waals surface area contributed by atoms with Crippen molar-refractivity contribution < 1.29 is 4.79 Å². The van der Waals surface area contributed by atoms with Gasteiger partial charge in [0.15, 0.2) is 0 Å². The van der Waals surface area contributed by atoms with E-state index in [4.69, 9.17) is 5.73 Å². The molecule has 3 aromatic rings. The highest BCUT2D eigenvalue weighted by atomic mass is 16.2. The minimum absolute atomic E-state index is 0.0839. The van der Waals surface area contributed by atoms with Gasteiger partial charge < -0.3 is 15.6 Å². The highest BCUT2D eigenvalue weighted by molar-refractivity contribution is 5.99. The Labute approximate surface area is 182 Å². The first-order valence-corrected chi connectivity index (χ1v) is 11.2. The number of rotatable bonds is 3. The molecular formula is C25H30N5O. The Kier molecular flexibility index (Phi) is 5.07. The number of hydrogen-bond donors (Lipinski definition) is 2. The summed E-state index contributed by atoms with van der Waals surface area (Å²) in [4.78, 5) is 23.8. The lowest BCUT2D eigenvalue weighted by Gasteiger charge is -2.34. The summed E-state index contributed by atoms with van der Waals surface area (Å²) in [6.45, 7) is 8.70. The Hall–Kier alpha value is -2.70. The summed E-state index contributed by atoms with van der Waals surface area (Å²) in [5, 5.41) is 2.68. The first-order valence-electron chi connectivity index (χ1n) is 11.2. The zero-order chi connectivity index (χ0) is 21.7. The Morgan fingerprint density at radius 2 is 2.00 bits per heavy atom. The fourth-order valence-electron chi connectivity index (χ4n) is 4.97. The van der Waals surface area contributed by atoms with E-state index in [2.05, 4.69) is 46.9 Å². The summed E-state index contributed by atoms with van der Waals surface area (Å²) in [7, 11) is 0. The molecule has 6 heteroatoms. The van der Waals surface area contributed by atoms with Gasteiger partial charge in [-0.2, -0.15) is 0 Å². The van der Waals surface area contributed by atoms with Crippen LogP contribution in [0.2, 0.25) is 0 Å². The fourth-order valence-corrected chi connectivity index (χ4v) is 4.97. The average molecular weight is 417 g/mol. The molecule has 6 nitrogen and oxygen atoms in total. The molecule has 5 rings (SSSR count). The highest BCUT2D eigenvalue weighted by Crippen LogP contribution is 2.31.